The zero-order chi connectivity index (χ0) is 47.9. The van der Waals surface area contributed by atoms with Gasteiger partial charge in [-0.05, 0) is 0 Å². The molecule has 0 atom stereocenters. The molecule has 2 aliphatic rings. The van der Waals surface area contributed by atoms with Gasteiger partial charge in [0.15, 0.2) is 0 Å². The summed E-state index contributed by atoms with van der Waals surface area (Å²) in [4.78, 5) is 69.7. The molecule has 0 bridgehead atoms. The first-order valence-corrected chi connectivity index (χ1v) is 21.4. The van der Waals surface area contributed by atoms with E-state index in [1.54, 1.807) is 14.2 Å². The van der Waals surface area contributed by atoms with E-state index in [0.29, 0.717) is 164 Å². The van der Waals surface area contributed by atoms with E-state index in [1.807, 2.05) is 0 Å². The van der Waals surface area contributed by atoms with Gasteiger partial charge in [-0.25, -0.2) is 4.79 Å². The Balaban J connectivity index is 0. The summed E-state index contributed by atoms with van der Waals surface area (Å²) >= 11 is 0. The third-order valence-electron chi connectivity index (χ3n) is 7.72. The molecule has 25 nitrogen and oxygen atoms in total. The average molecular weight is 965 g/mol. The Labute approximate surface area is 387 Å². The Morgan fingerprint density at radius 2 is 0.621 bits per heavy atom. The summed E-state index contributed by atoms with van der Waals surface area (Å²) < 4.78 is 73.3. The van der Waals surface area contributed by atoms with Gasteiger partial charge in [-0.15, -0.1) is 5.06 Å². The molecule has 2 aliphatic heterocycles. The van der Waals surface area contributed by atoms with Crippen molar-refractivity contribution >= 4 is 35.6 Å². The summed E-state index contributed by atoms with van der Waals surface area (Å²) in [7, 11) is 3.26. The molecule has 2 heterocycles. The first-order chi connectivity index (χ1) is 31.6. The van der Waals surface area contributed by atoms with E-state index in [0.717, 1.165) is 0 Å². The second-order valence-electron chi connectivity index (χ2n) is 12.9. The summed E-state index contributed by atoms with van der Waals surface area (Å²) in [5, 5.41) is 17.5. The number of imide groups is 2. The zero-order valence-corrected chi connectivity index (χ0v) is 38.0. The molecule has 2 rings (SSSR count). The van der Waals surface area contributed by atoms with Gasteiger partial charge in [0.2, 0.25) is 0 Å². The van der Waals surface area contributed by atoms with Crippen LogP contribution in [-0.4, -0.2) is 242 Å². The normalized spacial score (nSPS) is 13.4. The van der Waals surface area contributed by atoms with Crippen LogP contribution in [0.2, 0.25) is 0 Å². The maximum absolute atomic E-state index is 11.6. The molecule has 0 spiro atoms. The number of carbonyl (C=O) groups excluding carboxylic acids is 5. The Kier molecular flexibility index (Phi) is 48.5. The number of hydrogen-bond donors (Lipinski definition) is 2. The van der Waals surface area contributed by atoms with Gasteiger partial charge in [-0.2, -0.15) is 5.06 Å². The SMILES string of the molecule is C.COCCOCCOCCOCCOCCOCCOCCC(=O)O.COCCOCCOCCOCCOCCOCCOCCC(=O)ON1C(=O)CCC1=O.O=C1CCC(=O)N1O. The van der Waals surface area contributed by atoms with Crippen molar-refractivity contribution in [2.24, 2.45) is 0 Å². The van der Waals surface area contributed by atoms with Crippen LogP contribution in [0.25, 0.3) is 0 Å². The summed E-state index contributed by atoms with van der Waals surface area (Å²) in [6.45, 7) is 12.0. The number of carbonyl (C=O) groups is 6. The van der Waals surface area contributed by atoms with E-state index >= 15 is 0 Å². The van der Waals surface area contributed by atoms with E-state index in [4.69, 9.17) is 81.5 Å². The van der Waals surface area contributed by atoms with Crippen LogP contribution in [-0.2, 0) is 99.9 Å². The second kappa shape index (κ2) is 49.5. The van der Waals surface area contributed by atoms with E-state index in [-0.39, 0.29) is 64.2 Å². The standard InChI is InChI=1S/C20H35NO11.C16H32O9.C4H5NO3.CH4/c1-25-6-7-27-10-11-29-14-15-31-17-16-30-13-12-28-9-8-26-5-4-20(24)32-21-18(22)2-3-19(21)23;1-19-4-5-21-8-9-23-12-13-25-15-14-24-11-10-22-7-6-20-3-2-16(17)18;6-3-1-2-4(7)5(3)8;/h2-17H2,1H3;2-15H2,1H3,(H,17,18);8H,1-2H2;1H4. The Morgan fingerprint density at radius 3 is 0.848 bits per heavy atom. The molecule has 0 unspecified atom stereocenters. The van der Waals surface area contributed by atoms with Crippen molar-refractivity contribution < 1.29 is 110 Å². The van der Waals surface area contributed by atoms with Crippen LogP contribution < -0.4 is 0 Å². The van der Waals surface area contributed by atoms with E-state index in [1.165, 1.54) is 0 Å². The monoisotopic (exact) mass is 964 g/mol. The van der Waals surface area contributed by atoms with Crippen LogP contribution in [0.15, 0.2) is 0 Å². The Hall–Kier alpha value is -3.38. The molecule has 0 aliphatic carbocycles. The van der Waals surface area contributed by atoms with E-state index in [9.17, 15) is 28.8 Å². The van der Waals surface area contributed by atoms with E-state index < -0.39 is 35.6 Å². The van der Waals surface area contributed by atoms with Crippen molar-refractivity contribution in [3.05, 3.63) is 0 Å². The molecule has 0 saturated carbocycles. The minimum absolute atomic E-state index is 0. The maximum Gasteiger partial charge on any atom is 0.335 e. The Bertz CT molecular complexity index is 1170. The Morgan fingerprint density at radius 1 is 0.394 bits per heavy atom. The van der Waals surface area contributed by atoms with Crippen LogP contribution in [0.3, 0.4) is 0 Å². The number of ether oxygens (including phenoxy) is 14. The fourth-order valence-electron chi connectivity index (χ4n) is 4.37. The molecule has 0 aromatic heterocycles. The number of amides is 4. The van der Waals surface area contributed by atoms with Crippen molar-refractivity contribution in [3.8, 4) is 0 Å². The van der Waals surface area contributed by atoms with Gasteiger partial charge in [0.05, 0.1) is 185 Å². The predicted molar refractivity (Wildman–Crippen MR) is 227 cm³/mol. The highest BCUT2D eigenvalue weighted by molar-refractivity contribution is 6.01. The summed E-state index contributed by atoms with van der Waals surface area (Å²) in [5.41, 5.74) is 0. The van der Waals surface area contributed by atoms with Gasteiger partial charge in [0.1, 0.15) is 0 Å². The fraction of sp³-hybridized carbons (Fsp3) is 0.854. The predicted octanol–water partition coefficient (Wildman–Crippen LogP) is 0.0975. The van der Waals surface area contributed by atoms with Crippen molar-refractivity contribution in [1.82, 2.24) is 10.1 Å². The van der Waals surface area contributed by atoms with Crippen molar-refractivity contribution in [2.75, 3.05) is 186 Å². The van der Waals surface area contributed by atoms with Gasteiger partial charge < -0.3 is 76.3 Å². The average Bonchev–Trinajstić information content (AvgIpc) is 3.77. The van der Waals surface area contributed by atoms with Crippen LogP contribution in [0.1, 0.15) is 46.0 Å². The highest BCUT2D eigenvalue weighted by Crippen LogP contribution is 2.12. The molecule has 25 heteroatoms. The summed E-state index contributed by atoms with van der Waals surface area (Å²) in [6, 6.07) is 0. The minimum atomic E-state index is -0.866. The lowest BCUT2D eigenvalue weighted by Gasteiger charge is -2.12. The van der Waals surface area contributed by atoms with Crippen molar-refractivity contribution in [2.45, 2.75) is 46.0 Å². The molecule has 4 amide bonds. The quantitative estimate of drug-likeness (QED) is 0.0465. The molecule has 0 aromatic rings. The van der Waals surface area contributed by atoms with Crippen LogP contribution in [0.5, 0.6) is 0 Å². The summed E-state index contributed by atoms with van der Waals surface area (Å²) in [6.07, 6.45) is 0.380. The van der Waals surface area contributed by atoms with Crippen LogP contribution in [0, 0.1) is 0 Å². The topological polar surface area (TPSA) is 288 Å². The van der Waals surface area contributed by atoms with Gasteiger partial charge in [0, 0.05) is 39.9 Å². The number of nitrogens with zero attached hydrogens (tertiary/aromatic N) is 2. The number of rotatable bonds is 43. The van der Waals surface area contributed by atoms with Crippen molar-refractivity contribution in [1.29, 1.82) is 0 Å². The molecule has 66 heavy (non-hydrogen) atoms. The third kappa shape index (κ3) is 43.2. The molecule has 0 radical (unpaired) electrons. The number of aliphatic carboxylic acids is 1. The van der Waals surface area contributed by atoms with E-state index in [2.05, 4.69) is 0 Å². The largest absolute Gasteiger partial charge is 0.481 e. The van der Waals surface area contributed by atoms with Gasteiger partial charge in [-0.3, -0.25) is 29.2 Å². The number of carboxylic acid groups (broad SMARTS) is 1. The molecular weight excluding hydrogens is 888 g/mol. The van der Waals surface area contributed by atoms with Crippen molar-refractivity contribution in [3.63, 3.8) is 0 Å². The van der Waals surface area contributed by atoms with Gasteiger partial charge in [0.25, 0.3) is 23.6 Å². The highest BCUT2D eigenvalue weighted by Gasteiger charge is 2.32. The molecule has 2 fully saturated rings. The lowest BCUT2D eigenvalue weighted by atomic mass is 10.4. The lowest BCUT2D eigenvalue weighted by molar-refractivity contribution is -0.198. The number of hydrogen-bond acceptors (Lipinski definition) is 22. The number of carboxylic acids is 1. The number of methoxy groups -OCH3 is 2. The molecule has 2 saturated heterocycles. The van der Waals surface area contributed by atoms with Crippen LogP contribution >= 0.6 is 0 Å². The first-order valence-electron chi connectivity index (χ1n) is 21.4. The first kappa shape index (κ1) is 64.7. The van der Waals surface area contributed by atoms with Gasteiger partial charge in [-0.1, -0.05) is 7.43 Å². The lowest BCUT2D eigenvalue weighted by Crippen LogP contribution is -2.32. The maximum atomic E-state index is 11.6. The molecule has 0 aromatic carbocycles. The smallest absolute Gasteiger partial charge is 0.335 e. The second-order valence-corrected chi connectivity index (χ2v) is 12.9. The van der Waals surface area contributed by atoms with Crippen LogP contribution in [0.4, 0.5) is 0 Å². The van der Waals surface area contributed by atoms with Gasteiger partial charge >= 0.3 is 11.9 Å². The highest BCUT2D eigenvalue weighted by atomic mass is 16.7. The molecule has 2 N–H and O–H groups in total. The zero-order valence-electron chi connectivity index (χ0n) is 38.0. The molecular formula is C41H76N2O23. The molecule has 388 valence electrons. The summed E-state index contributed by atoms with van der Waals surface area (Å²) in [5.74, 6) is -3.57. The number of hydroxylamine groups is 4. The third-order valence-corrected chi connectivity index (χ3v) is 7.72. The fourth-order valence-corrected chi connectivity index (χ4v) is 4.37. The minimum Gasteiger partial charge on any atom is -0.481 e.